The van der Waals surface area contributed by atoms with Gasteiger partial charge in [-0.3, -0.25) is 13.9 Å². The van der Waals surface area contributed by atoms with Gasteiger partial charge in [-0.15, -0.1) is 0 Å². The molecule has 1 fully saturated rings. The van der Waals surface area contributed by atoms with Crippen molar-refractivity contribution < 1.29 is 4.79 Å². The number of carbonyl (C=O) groups excluding carboxylic acids is 1. The van der Waals surface area contributed by atoms with Crippen LogP contribution in [0, 0.1) is 0 Å². The lowest BCUT2D eigenvalue weighted by molar-refractivity contribution is 0.102. The highest BCUT2D eigenvalue weighted by molar-refractivity contribution is 6.04. The number of anilines is 2. The summed E-state index contributed by atoms with van der Waals surface area (Å²) in [4.78, 5) is 34.2. The summed E-state index contributed by atoms with van der Waals surface area (Å²) in [6.45, 7) is 1.55. The molecule has 9 heteroatoms. The van der Waals surface area contributed by atoms with Crippen LogP contribution in [-0.4, -0.2) is 38.1 Å². The normalized spacial score (nSPS) is 15.9. The number of nitrogens with two attached hydrogens (primary N) is 1. The summed E-state index contributed by atoms with van der Waals surface area (Å²) in [5.41, 5.74) is 8.75. The lowest BCUT2D eigenvalue weighted by atomic mass is 10.2. The molecule has 9 nitrogen and oxygen atoms in total. The Balaban J connectivity index is 1.53. The van der Waals surface area contributed by atoms with Gasteiger partial charge in [0.05, 0.1) is 11.7 Å². The highest BCUT2D eigenvalue weighted by atomic mass is 16.2. The van der Waals surface area contributed by atoms with Crippen molar-refractivity contribution in [2.24, 2.45) is 0 Å². The van der Waals surface area contributed by atoms with Crippen LogP contribution in [0.2, 0.25) is 0 Å². The molecule has 0 bridgehead atoms. The fraction of sp³-hybridized carbons (Fsp3) is 0.182. The van der Waals surface area contributed by atoms with Crippen LogP contribution >= 0.6 is 0 Å². The topological polar surface area (TPSA) is 120 Å². The molecule has 0 saturated carbocycles. The van der Waals surface area contributed by atoms with Crippen molar-refractivity contribution in [1.29, 1.82) is 0 Å². The van der Waals surface area contributed by atoms with Gasteiger partial charge in [-0.25, -0.2) is 14.8 Å². The third-order valence-corrected chi connectivity index (χ3v) is 5.50. The van der Waals surface area contributed by atoms with E-state index < -0.39 is 0 Å². The third-order valence-electron chi connectivity index (χ3n) is 5.50. The lowest BCUT2D eigenvalue weighted by Gasteiger charge is -2.09. The lowest BCUT2D eigenvalue weighted by Crippen LogP contribution is -2.28. The summed E-state index contributed by atoms with van der Waals surface area (Å²) < 4.78 is 3.23. The number of amides is 1. The predicted molar refractivity (Wildman–Crippen MR) is 118 cm³/mol. The van der Waals surface area contributed by atoms with Crippen LogP contribution in [0.1, 0.15) is 22.8 Å². The molecule has 1 saturated heterocycles. The Bertz CT molecular complexity index is 1300. The zero-order valence-corrected chi connectivity index (χ0v) is 16.7. The van der Waals surface area contributed by atoms with Crippen LogP contribution in [0.3, 0.4) is 0 Å². The summed E-state index contributed by atoms with van der Waals surface area (Å²) in [6, 6.07) is 16.0. The Morgan fingerprint density at radius 3 is 2.58 bits per heavy atom. The Hall–Kier alpha value is -3.98. The van der Waals surface area contributed by atoms with Crippen LogP contribution in [0.5, 0.6) is 0 Å². The summed E-state index contributed by atoms with van der Waals surface area (Å²) in [5, 5.41) is 6.14. The van der Waals surface area contributed by atoms with Gasteiger partial charge in [0.15, 0.2) is 11.5 Å². The molecule has 31 heavy (non-hydrogen) atoms. The first-order valence-corrected chi connectivity index (χ1v) is 10.0. The van der Waals surface area contributed by atoms with Crippen LogP contribution < -0.4 is 22.1 Å². The molecular formula is C22H21N7O2. The van der Waals surface area contributed by atoms with Crippen molar-refractivity contribution in [1.82, 2.24) is 24.4 Å². The molecular weight excluding hydrogens is 394 g/mol. The molecule has 0 spiro atoms. The predicted octanol–water partition coefficient (Wildman–Crippen LogP) is 1.95. The number of aromatic nitrogens is 4. The zero-order valence-electron chi connectivity index (χ0n) is 16.7. The van der Waals surface area contributed by atoms with Gasteiger partial charge in [0.2, 0.25) is 0 Å². The summed E-state index contributed by atoms with van der Waals surface area (Å²) in [7, 11) is 0. The highest BCUT2D eigenvalue weighted by Gasteiger charge is 2.26. The van der Waals surface area contributed by atoms with Crippen molar-refractivity contribution in [2.75, 3.05) is 24.1 Å². The van der Waals surface area contributed by atoms with E-state index in [4.69, 9.17) is 5.73 Å². The molecule has 2 aromatic carbocycles. The van der Waals surface area contributed by atoms with Crippen LogP contribution in [0.25, 0.3) is 16.9 Å². The molecule has 0 radical (unpaired) electrons. The molecule has 3 heterocycles. The summed E-state index contributed by atoms with van der Waals surface area (Å²) in [6.07, 6.45) is 2.22. The quantitative estimate of drug-likeness (QED) is 0.469. The standard InChI is InChI=1S/C22H21N7O2/c23-19-18-20(26-13-25-19)29(17-10-11-24-12-17)22(31)28(18)16-8-6-15(7-9-16)27-21(30)14-4-2-1-3-5-14/h1-9,13,17,24H,10-12H2,(H,27,30)(H2,23,25,26)/t17-/m1/s1. The van der Waals surface area contributed by atoms with Crippen molar-refractivity contribution in [3.05, 3.63) is 77.0 Å². The molecule has 1 amide bonds. The largest absolute Gasteiger partial charge is 0.382 e. The van der Waals surface area contributed by atoms with E-state index in [1.807, 2.05) is 18.2 Å². The molecule has 5 rings (SSSR count). The average Bonchev–Trinajstić information content (AvgIpc) is 3.41. The van der Waals surface area contributed by atoms with Gasteiger partial charge >= 0.3 is 5.69 Å². The Morgan fingerprint density at radius 1 is 1.10 bits per heavy atom. The maximum atomic E-state index is 13.4. The Morgan fingerprint density at radius 2 is 1.87 bits per heavy atom. The van der Waals surface area contributed by atoms with Crippen LogP contribution in [0.15, 0.2) is 65.7 Å². The van der Waals surface area contributed by atoms with E-state index in [0.29, 0.717) is 34.6 Å². The smallest absolute Gasteiger partial charge is 0.335 e. The number of fused-ring (bicyclic) bond motifs is 1. The van der Waals surface area contributed by atoms with E-state index in [9.17, 15) is 9.59 Å². The summed E-state index contributed by atoms with van der Waals surface area (Å²) >= 11 is 0. The fourth-order valence-corrected chi connectivity index (χ4v) is 3.98. The van der Waals surface area contributed by atoms with Gasteiger partial charge in [0.1, 0.15) is 11.8 Å². The molecule has 4 aromatic rings. The minimum Gasteiger partial charge on any atom is -0.382 e. The average molecular weight is 415 g/mol. The first-order chi connectivity index (χ1) is 15.1. The van der Waals surface area contributed by atoms with Crippen LogP contribution in [-0.2, 0) is 0 Å². The van der Waals surface area contributed by atoms with Gasteiger partial charge in [0.25, 0.3) is 5.91 Å². The maximum absolute atomic E-state index is 13.4. The number of benzene rings is 2. The Labute approximate surface area is 177 Å². The van der Waals surface area contributed by atoms with E-state index >= 15 is 0 Å². The van der Waals surface area contributed by atoms with E-state index in [-0.39, 0.29) is 23.5 Å². The van der Waals surface area contributed by atoms with Gasteiger partial charge in [0, 0.05) is 17.8 Å². The first kappa shape index (κ1) is 19.0. The second-order valence-electron chi connectivity index (χ2n) is 7.43. The number of rotatable bonds is 4. The fourth-order valence-electron chi connectivity index (χ4n) is 3.98. The van der Waals surface area contributed by atoms with Gasteiger partial charge in [-0.1, -0.05) is 18.2 Å². The molecule has 156 valence electrons. The minimum atomic E-state index is -0.211. The molecule has 2 aromatic heterocycles. The molecule has 1 atom stereocenters. The molecule has 4 N–H and O–H groups in total. The molecule has 1 aliphatic rings. The number of nitrogen functional groups attached to an aromatic ring is 1. The highest BCUT2D eigenvalue weighted by Crippen LogP contribution is 2.25. The second kappa shape index (κ2) is 7.69. The molecule has 0 aliphatic carbocycles. The molecule has 1 aliphatic heterocycles. The minimum absolute atomic E-state index is 0.00924. The van der Waals surface area contributed by atoms with Gasteiger partial charge in [-0.05, 0) is 49.4 Å². The molecule has 0 unspecified atom stereocenters. The van der Waals surface area contributed by atoms with E-state index in [1.54, 1.807) is 41.0 Å². The number of hydrogen-bond donors (Lipinski definition) is 3. The summed E-state index contributed by atoms with van der Waals surface area (Å²) in [5.74, 6) is 0.0433. The van der Waals surface area contributed by atoms with Crippen molar-refractivity contribution in [2.45, 2.75) is 12.5 Å². The van der Waals surface area contributed by atoms with E-state index in [1.165, 1.54) is 10.9 Å². The van der Waals surface area contributed by atoms with Gasteiger partial charge in [-0.2, -0.15) is 0 Å². The number of nitrogens with one attached hydrogen (secondary N) is 2. The monoisotopic (exact) mass is 415 g/mol. The Kier molecular flexibility index (Phi) is 4.72. The van der Waals surface area contributed by atoms with E-state index in [2.05, 4.69) is 20.6 Å². The van der Waals surface area contributed by atoms with Crippen molar-refractivity contribution in [3.63, 3.8) is 0 Å². The number of imidazole rings is 1. The van der Waals surface area contributed by atoms with Gasteiger partial charge < -0.3 is 16.4 Å². The maximum Gasteiger partial charge on any atom is 0.335 e. The van der Waals surface area contributed by atoms with E-state index in [0.717, 1.165) is 13.0 Å². The first-order valence-electron chi connectivity index (χ1n) is 10.0. The SMILES string of the molecule is Nc1ncnc2c1n(-c1ccc(NC(=O)c3ccccc3)cc1)c(=O)n2[C@@H]1CCNC1. The number of nitrogens with zero attached hydrogens (tertiary/aromatic N) is 4. The van der Waals surface area contributed by atoms with Crippen LogP contribution in [0.4, 0.5) is 11.5 Å². The zero-order chi connectivity index (χ0) is 21.4. The third kappa shape index (κ3) is 3.34. The number of hydrogen-bond acceptors (Lipinski definition) is 6. The van der Waals surface area contributed by atoms with Crippen molar-refractivity contribution in [3.8, 4) is 5.69 Å². The number of carbonyl (C=O) groups is 1. The van der Waals surface area contributed by atoms with Crippen molar-refractivity contribution >= 4 is 28.6 Å². The second-order valence-corrected chi connectivity index (χ2v) is 7.43.